The lowest BCUT2D eigenvalue weighted by molar-refractivity contribution is 0.0688. The number of hydrogen-bond donors (Lipinski definition) is 4. The molecule has 2 amide bonds. The Labute approximate surface area is 358 Å². The molecular weight excluding hydrogens is 964 g/mol. The van der Waals surface area contributed by atoms with Crippen LogP contribution in [0.5, 0.6) is 0 Å². The summed E-state index contributed by atoms with van der Waals surface area (Å²) in [6.45, 7) is 2.80. The number of para-hydroxylation sites is 1. The topological polar surface area (TPSA) is 185 Å². The van der Waals surface area contributed by atoms with Crippen LogP contribution >= 0.6 is 54.5 Å². The normalized spacial score (nSPS) is 11.1. The van der Waals surface area contributed by atoms with Crippen LogP contribution in [0.15, 0.2) is 89.2 Å². The van der Waals surface area contributed by atoms with Gasteiger partial charge in [0.15, 0.2) is 34.4 Å². The van der Waals surface area contributed by atoms with Crippen LogP contribution in [0.25, 0.3) is 44.5 Å². The summed E-state index contributed by atoms with van der Waals surface area (Å²) in [6, 6.07) is 15.4. The Bertz CT molecular complexity index is 3070. The Morgan fingerprint density at radius 2 is 1.13 bits per heavy atom. The van der Waals surface area contributed by atoms with Gasteiger partial charge in [0.05, 0.1) is 4.47 Å². The summed E-state index contributed by atoms with van der Waals surface area (Å²) in [5.74, 6) is -9.30. The number of fused-ring (bicyclic) bond motifs is 2. The smallest absolute Gasteiger partial charge is 0.339 e. The van der Waals surface area contributed by atoms with Gasteiger partial charge in [-0.1, -0.05) is 46.3 Å². The number of halogens is 6. The molecule has 0 fully saturated rings. The minimum absolute atomic E-state index is 0.0410. The largest absolute Gasteiger partial charge is 0.478 e. The van der Waals surface area contributed by atoms with Crippen LogP contribution in [0.1, 0.15) is 53.2 Å². The number of nitrogens with one attached hydrogen (secondary N) is 2. The number of aromatic nitrogens is 2. The highest BCUT2D eigenvalue weighted by Crippen LogP contribution is 2.40. The molecule has 0 spiro atoms. The van der Waals surface area contributed by atoms with E-state index in [-0.39, 0.29) is 66.3 Å². The highest BCUT2D eigenvalue weighted by atomic mass is 79.9. The number of aromatic carboxylic acids is 2. The fourth-order valence-electron chi connectivity index (χ4n) is 5.75. The molecule has 4 heterocycles. The summed E-state index contributed by atoms with van der Waals surface area (Å²) in [5, 5.41) is 26.7. The molecule has 0 saturated heterocycles. The van der Waals surface area contributed by atoms with E-state index in [0.29, 0.717) is 26.7 Å². The predicted molar refractivity (Wildman–Crippen MR) is 222 cm³/mol. The summed E-state index contributed by atoms with van der Waals surface area (Å²) < 4.78 is 68.9. The van der Waals surface area contributed by atoms with Crippen molar-refractivity contribution < 1.29 is 55.8 Å². The number of carbonyl (C=O) groups excluding carboxylic acids is 2. The molecule has 0 aliphatic rings. The third-order valence-electron chi connectivity index (χ3n) is 8.70. The molecule has 8 rings (SSSR count). The number of amides is 2. The lowest BCUT2D eigenvalue weighted by atomic mass is 10.0. The van der Waals surface area contributed by atoms with Gasteiger partial charge >= 0.3 is 23.8 Å². The monoisotopic (exact) mass is 984 g/mol. The van der Waals surface area contributed by atoms with E-state index in [1.54, 1.807) is 36.4 Å². The molecule has 8 aromatic rings. The number of hydrogen-bond acceptors (Lipinski definition) is 10. The molecule has 4 N–H and O–H groups in total. The van der Waals surface area contributed by atoms with E-state index in [9.17, 15) is 47.0 Å². The minimum Gasteiger partial charge on any atom is -0.478 e. The maximum absolute atomic E-state index is 14.4. The van der Waals surface area contributed by atoms with Crippen molar-refractivity contribution >= 4 is 110 Å². The predicted octanol–water partition coefficient (Wildman–Crippen LogP) is 11.7. The molecule has 0 aliphatic carbocycles. The van der Waals surface area contributed by atoms with Gasteiger partial charge in [-0.25, -0.2) is 37.1 Å². The van der Waals surface area contributed by atoms with Crippen LogP contribution in [-0.2, 0) is 0 Å². The van der Waals surface area contributed by atoms with Crippen LogP contribution in [0.2, 0.25) is 0 Å². The number of aryl methyl sites for hydroxylation is 2. The molecule has 60 heavy (non-hydrogen) atoms. The van der Waals surface area contributed by atoms with E-state index in [0.717, 1.165) is 27.1 Å². The highest BCUT2D eigenvalue weighted by molar-refractivity contribution is 9.11. The lowest BCUT2D eigenvalue weighted by Gasteiger charge is -2.07. The van der Waals surface area contributed by atoms with E-state index in [4.69, 9.17) is 8.83 Å². The van der Waals surface area contributed by atoms with Crippen molar-refractivity contribution in [3.63, 3.8) is 0 Å². The minimum atomic E-state index is -1.40. The second kappa shape index (κ2) is 16.8. The second-order valence-electron chi connectivity index (χ2n) is 12.6. The van der Waals surface area contributed by atoms with Crippen LogP contribution < -0.4 is 10.6 Å². The van der Waals surface area contributed by atoms with Gasteiger partial charge < -0.3 is 29.7 Å². The van der Waals surface area contributed by atoms with Gasteiger partial charge in [0, 0.05) is 37.5 Å². The van der Waals surface area contributed by atoms with Gasteiger partial charge in [-0.2, -0.15) is 0 Å². The molecular formula is C40H22Br2F4N4O8S2. The van der Waals surface area contributed by atoms with Gasteiger partial charge in [0.25, 0.3) is 11.8 Å². The van der Waals surface area contributed by atoms with E-state index in [2.05, 4.69) is 52.5 Å². The highest BCUT2D eigenvalue weighted by Gasteiger charge is 2.28. The molecule has 20 heteroatoms. The van der Waals surface area contributed by atoms with Crippen LogP contribution in [0.3, 0.4) is 0 Å². The van der Waals surface area contributed by atoms with Crippen molar-refractivity contribution in [2.24, 2.45) is 0 Å². The molecule has 4 aromatic carbocycles. The van der Waals surface area contributed by atoms with Gasteiger partial charge in [0.2, 0.25) is 0 Å². The van der Waals surface area contributed by atoms with Crippen LogP contribution in [0, 0.1) is 37.1 Å². The Hall–Kier alpha value is -6.22. The van der Waals surface area contributed by atoms with Crippen molar-refractivity contribution in [1.82, 2.24) is 9.97 Å². The number of thiophene rings is 2. The van der Waals surface area contributed by atoms with Crippen molar-refractivity contribution in [3.05, 3.63) is 138 Å². The molecule has 0 saturated carbocycles. The van der Waals surface area contributed by atoms with Gasteiger partial charge in [-0.05, 0) is 71.2 Å². The summed E-state index contributed by atoms with van der Waals surface area (Å²) >= 11 is 8.33. The number of carboxylic acid groups (broad SMARTS) is 2. The Morgan fingerprint density at radius 1 is 0.633 bits per heavy atom. The Morgan fingerprint density at radius 3 is 1.63 bits per heavy atom. The summed E-state index contributed by atoms with van der Waals surface area (Å²) in [4.78, 5) is 57.0. The first-order chi connectivity index (χ1) is 28.5. The Balaban J connectivity index is 0.000000181. The first kappa shape index (κ1) is 41.9. The van der Waals surface area contributed by atoms with Crippen LogP contribution in [-0.4, -0.2) is 43.9 Å². The zero-order valence-electron chi connectivity index (χ0n) is 30.3. The quantitative estimate of drug-likeness (QED) is 0.107. The fraction of sp³-hybridized carbons (Fsp3) is 0.0500. The Kier molecular flexibility index (Phi) is 11.7. The van der Waals surface area contributed by atoms with Gasteiger partial charge in [-0.15, -0.1) is 22.7 Å². The van der Waals surface area contributed by atoms with E-state index < -0.39 is 47.0 Å². The first-order valence-electron chi connectivity index (χ1n) is 16.9. The van der Waals surface area contributed by atoms with E-state index in [1.165, 1.54) is 48.9 Å². The van der Waals surface area contributed by atoms with Crippen molar-refractivity contribution in [2.75, 3.05) is 10.6 Å². The SMILES string of the molecule is Cc1ccc(-c2csc(NC(=O)c3nc4ccc(Br)cc4o3)c2C(=O)O)c(F)c1F.Cc1ccc(-c2csc(NC(=O)c3nc4cccc(Br)c4o3)c2C(=O)O)c(F)c1F. The van der Waals surface area contributed by atoms with Gasteiger partial charge in [0.1, 0.15) is 32.2 Å². The average Bonchev–Trinajstić information content (AvgIpc) is 4.02. The number of oxazole rings is 2. The lowest BCUT2D eigenvalue weighted by Crippen LogP contribution is -2.14. The van der Waals surface area contributed by atoms with Crippen LogP contribution in [0.4, 0.5) is 27.6 Å². The molecule has 0 bridgehead atoms. The van der Waals surface area contributed by atoms with Crippen molar-refractivity contribution in [3.8, 4) is 22.3 Å². The summed E-state index contributed by atoms with van der Waals surface area (Å²) in [7, 11) is 0. The number of benzene rings is 4. The van der Waals surface area contributed by atoms with Crippen molar-refractivity contribution in [2.45, 2.75) is 13.8 Å². The third-order valence-corrected chi connectivity index (χ3v) is 11.6. The molecule has 12 nitrogen and oxygen atoms in total. The number of carboxylic acids is 2. The molecule has 304 valence electrons. The number of rotatable bonds is 8. The van der Waals surface area contributed by atoms with E-state index in [1.807, 2.05) is 0 Å². The van der Waals surface area contributed by atoms with E-state index >= 15 is 0 Å². The average molecular weight is 987 g/mol. The molecule has 0 radical (unpaired) electrons. The zero-order chi connectivity index (χ0) is 43.2. The maximum Gasteiger partial charge on any atom is 0.339 e. The third kappa shape index (κ3) is 8.05. The molecule has 0 aliphatic heterocycles. The summed E-state index contributed by atoms with van der Waals surface area (Å²) in [6.07, 6.45) is 0. The first-order valence-corrected chi connectivity index (χ1v) is 20.2. The number of anilines is 2. The molecule has 4 aromatic heterocycles. The standard InChI is InChI=1S/2C20H11BrF2N2O4S/c1-8-2-4-10(16(23)15(8)22)11-7-30-19(14(11)20(27)28)25-17(26)18-24-12-5-3-9(21)6-13(12)29-18;1-8-5-6-9(15(23)14(8)22)10-7-30-19(13(10)20(27)28)25-17(26)18-24-12-4-2-3-11(21)16(12)29-18/h2*2-7H,1H3,(H,25,26)(H,27,28). The second-order valence-corrected chi connectivity index (χ2v) is 16.1. The van der Waals surface area contributed by atoms with Crippen molar-refractivity contribution in [1.29, 1.82) is 0 Å². The maximum atomic E-state index is 14.4. The molecule has 0 atom stereocenters. The number of nitrogens with zero attached hydrogens (tertiary/aromatic N) is 2. The zero-order valence-corrected chi connectivity index (χ0v) is 35.1. The summed E-state index contributed by atoms with van der Waals surface area (Å²) in [5.41, 5.74) is 0.614. The van der Waals surface area contributed by atoms with Gasteiger partial charge in [-0.3, -0.25) is 9.59 Å². The number of carbonyl (C=O) groups is 4. The fourth-order valence-corrected chi connectivity index (χ4v) is 8.42. The molecule has 0 unspecified atom stereocenters.